The second-order valence-electron chi connectivity index (χ2n) is 5.39. The Morgan fingerprint density at radius 3 is 2.61 bits per heavy atom. The van der Waals surface area contributed by atoms with Gasteiger partial charge in [-0.3, -0.25) is 4.79 Å². The first-order valence-corrected chi connectivity index (χ1v) is 7.41. The number of carbonyl (C=O) groups excluding carboxylic acids is 1. The van der Waals surface area contributed by atoms with Crippen LogP contribution in [0.15, 0.2) is 60.7 Å². The fourth-order valence-electron chi connectivity index (χ4n) is 2.53. The van der Waals surface area contributed by atoms with Crippen LogP contribution in [0.25, 0.3) is 10.8 Å². The molecular weight excluding hydrogens is 291 g/mol. The lowest BCUT2D eigenvalue weighted by Gasteiger charge is -2.11. The van der Waals surface area contributed by atoms with Gasteiger partial charge in [0.1, 0.15) is 5.82 Å². The largest absolute Gasteiger partial charge is 0.376 e. The van der Waals surface area contributed by atoms with Crippen molar-refractivity contribution in [1.82, 2.24) is 0 Å². The van der Waals surface area contributed by atoms with Gasteiger partial charge in [0.25, 0.3) is 0 Å². The summed E-state index contributed by atoms with van der Waals surface area (Å²) in [5.41, 5.74) is 2.30. The minimum Gasteiger partial charge on any atom is -0.376 e. The van der Waals surface area contributed by atoms with E-state index >= 15 is 0 Å². The third-order valence-electron chi connectivity index (χ3n) is 3.69. The van der Waals surface area contributed by atoms with Gasteiger partial charge in [-0.2, -0.15) is 0 Å². The number of fused-ring (bicyclic) bond motifs is 1. The number of amides is 1. The standard InChI is InChI=1S/C19H17FN2O/c1-13-11-15(20)9-10-17(13)21-12-19(23)22-18-8-4-6-14-5-2-3-7-16(14)18/h2-11,21H,12H2,1H3,(H,22,23). The molecule has 3 nitrogen and oxygen atoms in total. The number of hydrogen-bond donors (Lipinski definition) is 2. The van der Waals surface area contributed by atoms with Crippen molar-refractivity contribution in [3.8, 4) is 0 Å². The van der Waals surface area contributed by atoms with Crippen LogP contribution < -0.4 is 10.6 Å². The summed E-state index contributed by atoms with van der Waals surface area (Å²) >= 11 is 0. The van der Waals surface area contributed by atoms with E-state index in [9.17, 15) is 9.18 Å². The van der Waals surface area contributed by atoms with E-state index in [4.69, 9.17) is 0 Å². The van der Waals surface area contributed by atoms with Gasteiger partial charge in [-0.15, -0.1) is 0 Å². The maximum Gasteiger partial charge on any atom is 0.243 e. The average molecular weight is 308 g/mol. The monoisotopic (exact) mass is 308 g/mol. The molecule has 3 aromatic rings. The fraction of sp³-hybridized carbons (Fsp3) is 0.105. The molecule has 0 saturated heterocycles. The minimum absolute atomic E-state index is 0.121. The summed E-state index contributed by atoms with van der Waals surface area (Å²) in [5, 5.41) is 8.02. The number of carbonyl (C=O) groups is 1. The summed E-state index contributed by atoms with van der Waals surface area (Å²) in [5.74, 6) is -0.432. The third-order valence-corrected chi connectivity index (χ3v) is 3.69. The maximum atomic E-state index is 13.1. The number of rotatable bonds is 4. The van der Waals surface area contributed by atoms with Gasteiger partial charge in [0, 0.05) is 16.8 Å². The molecule has 0 aliphatic carbocycles. The molecule has 1 amide bonds. The molecular formula is C19H17FN2O. The maximum absolute atomic E-state index is 13.1. The molecule has 3 rings (SSSR count). The number of anilines is 2. The van der Waals surface area contributed by atoms with Crippen LogP contribution in [0.3, 0.4) is 0 Å². The van der Waals surface area contributed by atoms with Crippen LogP contribution in [0.1, 0.15) is 5.56 Å². The van der Waals surface area contributed by atoms with Gasteiger partial charge in [0.2, 0.25) is 5.91 Å². The van der Waals surface area contributed by atoms with E-state index in [1.165, 1.54) is 12.1 Å². The summed E-state index contributed by atoms with van der Waals surface area (Å²) in [7, 11) is 0. The number of halogens is 1. The van der Waals surface area contributed by atoms with Crippen molar-refractivity contribution in [1.29, 1.82) is 0 Å². The van der Waals surface area contributed by atoms with Crippen LogP contribution in [0.4, 0.5) is 15.8 Å². The molecule has 0 unspecified atom stereocenters. The van der Waals surface area contributed by atoms with Gasteiger partial charge in [0.05, 0.1) is 6.54 Å². The van der Waals surface area contributed by atoms with Gasteiger partial charge < -0.3 is 10.6 Å². The van der Waals surface area contributed by atoms with Crippen molar-refractivity contribution < 1.29 is 9.18 Å². The molecule has 23 heavy (non-hydrogen) atoms. The van der Waals surface area contributed by atoms with Gasteiger partial charge in [0.15, 0.2) is 0 Å². The Labute approximate surface area is 134 Å². The number of benzene rings is 3. The Morgan fingerprint density at radius 2 is 1.78 bits per heavy atom. The molecule has 0 bridgehead atoms. The SMILES string of the molecule is Cc1cc(F)ccc1NCC(=O)Nc1cccc2ccccc12. The minimum atomic E-state index is -0.284. The first kappa shape index (κ1) is 15.0. The molecule has 2 N–H and O–H groups in total. The lowest BCUT2D eigenvalue weighted by Crippen LogP contribution is -2.22. The van der Waals surface area contributed by atoms with Crippen molar-refractivity contribution in [2.75, 3.05) is 17.2 Å². The van der Waals surface area contributed by atoms with Crippen molar-refractivity contribution in [2.24, 2.45) is 0 Å². The highest BCUT2D eigenvalue weighted by Gasteiger charge is 2.06. The van der Waals surface area contributed by atoms with Crippen molar-refractivity contribution >= 4 is 28.1 Å². The van der Waals surface area contributed by atoms with Crippen LogP contribution in [0.2, 0.25) is 0 Å². The molecule has 0 saturated carbocycles. The summed E-state index contributed by atoms with van der Waals surface area (Å²) in [6.07, 6.45) is 0. The molecule has 4 heteroatoms. The van der Waals surface area contributed by atoms with Crippen LogP contribution >= 0.6 is 0 Å². The molecule has 0 aromatic heterocycles. The van der Waals surface area contributed by atoms with Crippen LogP contribution in [-0.2, 0) is 4.79 Å². The Morgan fingerprint density at radius 1 is 1.00 bits per heavy atom. The summed E-state index contributed by atoms with van der Waals surface area (Å²) in [6, 6.07) is 18.1. The average Bonchev–Trinajstić information content (AvgIpc) is 2.54. The normalized spacial score (nSPS) is 10.5. The van der Waals surface area contributed by atoms with E-state index < -0.39 is 0 Å². The molecule has 0 aliphatic heterocycles. The smallest absolute Gasteiger partial charge is 0.243 e. The number of aryl methyl sites for hydroxylation is 1. The van der Waals surface area contributed by atoms with Crippen molar-refractivity contribution in [2.45, 2.75) is 6.92 Å². The van der Waals surface area contributed by atoms with Crippen molar-refractivity contribution in [3.63, 3.8) is 0 Å². The predicted molar refractivity (Wildman–Crippen MR) is 92.2 cm³/mol. The van der Waals surface area contributed by atoms with Crippen molar-refractivity contribution in [3.05, 3.63) is 72.0 Å². The van der Waals surface area contributed by atoms with E-state index in [-0.39, 0.29) is 18.3 Å². The van der Waals surface area contributed by atoms with E-state index in [0.717, 1.165) is 27.7 Å². The predicted octanol–water partition coefficient (Wildman–Crippen LogP) is 4.34. The van der Waals surface area contributed by atoms with Gasteiger partial charge in [-0.25, -0.2) is 4.39 Å². The third kappa shape index (κ3) is 3.48. The van der Waals surface area contributed by atoms with Gasteiger partial charge in [-0.05, 0) is 42.1 Å². The molecule has 0 aliphatic rings. The van der Waals surface area contributed by atoms with Gasteiger partial charge >= 0.3 is 0 Å². The Hall–Kier alpha value is -2.88. The highest BCUT2D eigenvalue weighted by Crippen LogP contribution is 2.23. The Balaban J connectivity index is 1.69. The molecule has 3 aromatic carbocycles. The van der Waals surface area contributed by atoms with Crippen LogP contribution in [-0.4, -0.2) is 12.5 Å². The Kier molecular flexibility index (Phi) is 4.24. The van der Waals surface area contributed by atoms with Gasteiger partial charge in [-0.1, -0.05) is 36.4 Å². The zero-order valence-electron chi connectivity index (χ0n) is 12.8. The topological polar surface area (TPSA) is 41.1 Å². The molecule has 0 spiro atoms. The van der Waals surface area contributed by atoms with E-state index in [0.29, 0.717) is 0 Å². The van der Waals surface area contributed by atoms with Crippen LogP contribution in [0.5, 0.6) is 0 Å². The zero-order valence-corrected chi connectivity index (χ0v) is 12.8. The molecule has 0 fully saturated rings. The summed E-state index contributed by atoms with van der Waals surface area (Å²) < 4.78 is 13.1. The number of nitrogens with one attached hydrogen (secondary N) is 2. The summed E-state index contributed by atoms with van der Waals surface area (Å²) in [6.45, 7) is 1.92. The highest BCUT2D eigenvalue weighted by molar-refractivity contribution is 6.03. The Bertz CT molecular complexity index is 856. The zero-order chi connectivity index (χ0) is 16.2. The van der Waals surface area contributed by atoms with Crippen LogP contribution in [0, 0.1) is 12.7 Å². The second-order valence-corrected chi connectivity index (χ2v) is 5.39. The molecule has 0 atom stereocenters. The number of hydrogen-bond acceptors (Lipinski definition) is 2. The highest BCUT2D eigenvalue weighted by atomic mass is 19.1. The first-order valence-electron chi connectivity index (χ1n) is 7.41. The fourth-order valence-corrected chi connectivity index (χ4v) is 2.53. The quantitative estimate of drug-likeness (QED) is 0.753. The lowest BCUT2D eigenvalue weighted by atomic mass is 10.1. The van der Waals surface area contributed by atoms with E-state index in [2.05, 4.69) is 10.6 Å². The first-order chi connectivity index (χ1) is 11.1. The molecule has 0 radical (unpaired) electrons. The summed E-state index contributed by atoms with van der Waals surface area (Å²) in [4.78, 5) is 12.2. The second kappa shape index (κ2) is 6.48. The van der Waals surface area contributed by atoms with E-state index in [1.54, 1.807) is 13.0 Å². The lowest BCUT2D eigenvalue weighted by molar-refractivity contribution is -0.114. The van der Waals surface area contributed by atoms with E-state index in [1.807, 2.05) is 42.5 Å². The molecule has 116 valence electrons. The molecule has 0 heterocycles.